The Morgan fingerprint density at radius 1 is 1.19 bits per heavy atom. The normalized spacial score (nSPS) is 13.8. The molecule has 0 bridgehead atoms. The summed E-state index contributed by atoms with van der Waals surface area (Å²) in [6.45, 7) is 5.28. The molecule has 0 aromatic heterocycles. The first kappa shape index (κ1) is 18.4. The molecule has 1 heterocycles. The molecule has 138 valence electrons. The van der Waals surface area contributed by atoms with Gasteiger partial charge >= 0.3 is 0 Å². The van der Waals surface area contributed by atoms with Crippen LogP contribution in [0.1, 0.15) is 18.1 Å². The number of fused-ring (bicyclic) bond motifs is 1. The van der Waals surface area contributed by atoms with E-state index < -0.39 is 6.10 Å². The van der Waals surface area contributed by atoms with Crippen LogP contribution in [0.15, 0.2) is 36.4 Å². The number of hydrogen-bond donors (Lipinski definition) is 1. The van der Waals surface area contributed by atoms with E-state index in [9.17, 15) is 4.79 Å². The van der Waals surface area contributed by atoms with E-state index in [0.29, 0.717) is 37.0 Å². The SMILES string of the molecule is Cc1cc(Cl)ccc1O[C@@H](C)C(=O)NCCc1ccc2c(c1)OCCO2. The third kappa shape index (κ3) is 4.61. The molecule has 0 saturated heterocycles. The van der Waals surface area contributed by atoms with E-state index in [1.807, 2.05) is 31.2 Å². The number of hydrogen-bond acceptors (Lipinski definition) is 4. The molecule has 0 fully saturated rings. The van der Waals surface area contributed by atoms with Crippen LogP contribution in [0, 0.1) is 6.92 Å². The fraction of sp³-hybridized carbons (Fsp3) is 0.350. The van der Waals surface area contributed by atoms with Crippen LogP contribution in [0.2, 0.25) is 5.02 Å². The highest BCUT2D eigenvalue weighted by atomic mass is 35.5. The lowest BCUT2D eigenvalue weighted by Gasteiger charge is -2.19. The van der Waals surface area contributed by atoms with Crippen LogP contribution in [0.5, 0.6) is 17.2 Å². The Morgan fingerprint density at radius 2 is 1.96 bits per heavy atom. The van der Waals surface area contributed by atoms with Gasteiger partial charge in [0, 0.05) is 11.6 Å². The molecular weight excluding hydrogens is 354 g/mol. The van der Waals surface area contributed by atoms with Gasteiger partial charge in [-0.3, -0.25) is 4.79 Å². The first-order valence-electron chi connectivity index (χ1n) is 8.62. The Balaban J connectivity index is 1.49. The van der Waals surface area contributed by atoms with Gasteiger partial charge in [0.15, 0.2) is 17.6 Å². The molecule has 0 spiro atoms. The minimum absolute atomic E-state index is 0.156. The molecule has 2 aromatic carbocycles. The van der Waals surface area contributed by atoms with Gasteiger partial charge in [0.2, 0.25) is 0 Å². The van der Waals surface area contributed by atoms with Crippen molar-refractivity contribution >= 4 is 17.5 Å². The maximum atomic E-state index is 12.2. The maximum Gasteiger partial charge on any atom is 0.260 e. The van der Waals surface area contributed by atoms with Crippen LogP contribution in [0.4, 0.5) is 0 Å². The zero-order valence-electron chi connectivity index (χ0n) is 14.9. The highest BCUT2D eigenvalue weighted by molar-refractivity contribution is 6.30. The highest BCUT2D eigenvalue weighted by Crippen LogP contribution is 2.30. The zero-order chi connectivity index (χ0) is 18.5. The van der Waals surface area contributed by atoms with Crippen molar-refractivity contribution in [2.24, 2.45) is 0 Å². The van der Waals surface area contributed by atoms with Crippen LogP contribution in [-0.4, -0.2) is 31.8 Å². The summed E-state index contributed by atoms with van der Waals surface area (Å²) in [4.78, 5) is 12.2. The van der Waals surface area contributed by atoms with E-state index in [-0.39, 0.29) is 5.91 Å². The Bertz CT molecular complexity index is 793. The average Bonchev–Trinajstić information content (AvgIpc) is 2.63. The van der Waals surface area contributed by atoms with Gasteiger partial charge in [0.1, 0.15) is 19.0 Å². The summed E-state index contributed by atoms with van der Waals surface area (Å²) in [5, 5.41) is 3.54. The van der Waals surface area contributed by atoms with Crippen molar-refractivity contribution in [1.29, 1.82) is 0 Å². The lowest BCUT2D eigenvalue weighted by molar-refractivity contribution is -0.127. The van der Waals surface area contributed by atoms with Gasteiger partial charge in [-0.1, -0.05) is 17.7 Å². The van der Waals surface area contributed by atoms with E-state index >= 15 is 0 Å². The standard InChI is InChI=1S/C20H22ClNO4/c1-13-11-16(21)4-6-17(13)26-14(2)20(23)22-8-7-15-3-5-18-19(12-15)25-10-9-24-18/h3-6,11-12,14H,7-10H2,1-2H3,(H,22,23)/t14-/m0/s1. The lowest BCUT2D eigenvalue weighted by Crippen LogP contribution is -2.37. The lowest BCUT2D eigenvalue weighted by atomic mass is 10.1. The predicted molar refractivity (Wildman–Crippen MR) is 100 cm³/mol. The molecule has 26 heavy (non-hydrogen) atoms. The zero-order valence-corrected chi connectivity index (χ0v) is 15.6. The predicted octanol–water partition coefficient (Wildman–Crippen LogP) is 3.55. The molecule has 6 heteroatoms. The second kappa shape index (κ2) is 8.32. The van der Waals surface area contributed by atoms with Crippen LogP contribution in [0.3, 0.4) is 0 Å². The van der Waals surface area contributed by atoms with Gasteiger partial charge in [-0.05, 0) is 61.7 Å². The van der Waals surface area contributed by atoms with Crippen molar-refractivity contribution in [2.45, 2.75) is 26.4 Å². The number of amides is 1. The van der Waals surface area contributed by atoms with E-state index in [2.05, 4.69) is 5.32 Å². The number of carbonyl (C=O) groups is 1. The second-order valence-electron chi connectivity index (χ2n) is 6.19. The van der Waals surface area contributed by atoms with Gasteiger partial charge in [-0.25, -0.2) is 0 Å². The largest absolute Gasteiger partial charge is 0.486 e. The summed E-state index contributed by atoms with van der Waals surface area (Å²) in [7, 11) is 0. The highest BCUT2D eigenvalue weighted by Gasteiger charge is 2.16. The minimum Gasteiger partial charge on any atom is -0.486 e. The molecule has 0 radical (unpaired) electrons. The topological polar surface area (TPSA) is 56.8 Å². The first-order chi connectivity index (χ1) is 12.5. The van der Waals surface area contributed by atoms with Crippen molar-refractivity contribution in [1.82, 2.24) is 5.32 Å². The van der Waals surface area contributed by atoms with Crippen molar-refractivity contribution in [2.75, 3.05) is 19.8 Å². The molecular formula is C20H22ClNO4. The molecule has 1 aliphatic rings. The Hall–Kier alpha value is -2.40. The summed E-state index contributed by atoms with van der Waals surface area (Å²) < 4.78 is 16.8. The van der Waals surface area contributed by atoms with Crippen LogP contribution in [-0.2, 0) is 11.2 Å². The number of halogens is 1. The Morgan fingerprint density at radius 3 is 2.73 bits per heavy atom. The van der Waals surface area contributed by atoms with Crippen molar-refractivity contribution in [3.63, 3.8) is 0 Å². The third-order valence-corrected chi connectivity index (χ3v) is 4.36. The second-order valence-corrected chi connectivity index (χ2v) is 6.63. The smallest absolute Gasteiger partial charge is 0.260 e. The van der Waals surface area contributed by atoms with Crippen LogP contribution >= 0.6 is 11.6 Å². The summed E-state index contributed by atoms with van der Waals surface area (Å²) in [6.07, 6.45) is 0.116. The Labute approximate surface area is 158 Å². The van der Waals surface area contributed by atoms with Crippen LogP contribution in [0.25, 0.3) is 0 Å². The molecule has 0 unspecified atom stereocenters. The van der Waals surface area contributed by atoms with E-state index in [4.69, 9.17) is 25.8 Å². The molecule has 1 amide bonds. The van der Waals surface area contributed by atoms with Crippen molar-refractivity contribution < 1.29 is 19.0 Å². The number of aryl methyl sites for hydroxylation is 1. The van der Waals surface area contributed by atoms with E-state index in [1.54, 1.807) is 19.1 Å². The van der Waals surface area contributed by atoms with Crippen LogP contribution < -0.4 is 19.5 Å². The molecule has 1 atom stereocenters. The van der Waals surface area contributed by atoms with Crippen molar-refractivity contribution in [3.05, 3.63) is 52.5 Å². The number of benzene rings is 2. The Kier molecular flexibility index (Phi) is 5.89. The summed E-state index contributed by atoms with van der Waals surface area (Å²) in [5.74, 6) is 2.03. The molecule has 0 aliphatic carbocycles. The first-order valence-corrected chi connectivity index (χ1v) is 9.00. The fourth-order valence-corrected chi connectivity index (χ4v) is 2.93. The quantitative estimate of drug-likeness (QED) is 0.839. The molecule has 5 nitrogen and oxygen atoms in total. The third-order valence-electron chi connectivity index (χ3n) is 4.13. The van der Waals surface area contributed by atoms with Crippen molar-refractivity contribution in [3.8, 4) is 17.2 Å². The van der Waals surface area contributed by atoms with E-state index in [1.165, 1.54) is 0 Å². The van der Waals surface area contributed by atoms with Gasteiger partial charge < -0.3 is 19.5 Å². The van der Waals surface area contributed by atoms with Gasteiger partial charge in [0.25, 0.3) is 5.91 Å². The van der Waals surface area contributed by atoms with Gasteiger partial charge in [-0.15, -0.1) is 0 Å². The van der Waals surface area contributed by atoms with Gasteiger partial charge in [0.05, 0.1) is 0 Å². The molecule has 3 rings (SSSR count). The van der Waals surface area contributed by atoms with E-state index in [0.717, 1.165) is 22.6 Å². The summed E-state index contributed by atoms with van der Waals surface area (Å²) >= 11 is 5.94. The monoisotopic (exact) mass is 375 g/mol. The molecule has 0 saturated carbocycles. The number of carbonyl (C=O) groups excluding carboxylic acids is 1. The maximum absolute atomic E-state index is 12.2. The fourth-order valence-electron chi connectivity index (χ4n) is 2.71. The number of nitrogens with one attached hydrogen (secondary N) is 1. The number of ether oxygens (including phenoxy) is 3. The molecule has 2 aromatic rings. The minimum atomic E-state index is -0.588. The average molecular weight is 376 g/mol. The van der Waals surface area contributed by atoms with Gasteiger partial charge in [-0.2, -0.15) is 0 Å². The summed E-state index contributed by atoms with van der Waals surface area (Å²) in [5.41, 5.74) is 1.98. The molecule has 1 N–H and O–H groups in total. The number of rotatable bonds is 6. The summed E-state index contributed by atoms with van der Waals surface area (Å²) in [6, 6.07) is 11.2. The molecule has 1 aliphatic heterocycles.